The van der Waals surface area contributed by atoms with Gasteiger partial charge in [0.15, 0.2) is 0 Å². The normalized spacial score (nSPS) is 14.7. The lowest BCUT2D eigenvalue weighted by atomic mass is 9.97. The van der Waals surface area contributed by atoms with Gasteiger partial charge in [-0.05, 0) is 75.2 Å². The van der Waals surface area contributed by atoms with Gasteiger partial charge >= 0.3 is 0 Å². The highest BCUT2D eigenvalue weighted by Crippen LogP contribution is 2.30. The van der Waals surface area contributed by atoms with Crippen LogP contribution in [0.25, 0.3) is 11.1 Å². The quantitative estimate of drug-likeness (QED) is 0.729. The van der Waals surface area contributed by atoms with Gasteiger partial charge in [-0.15, -0.1) is 0 Å². The van der Waals surface area contributed by atoms with E-state index in [9.17, 15) is 9.65 Å². The van der Waals surface area contributed by atoms with Crippen LogP contribution in [0.4, 0.5) is 10.1 Å². The topological polar surface area (TPSA) is 48.3 Å². The van der Waals surface area contributed by atoms with E-state index in [2.05, 4.69) is 5.32 Å². The molecule has 1 aliphatic rings. The third kappa shape index (κ3) is 5.24. The van der Waals surface area contributed by atoms with Gasteiger partial charge in [-0.2, -0.15) is 5.26 Å². The molecule has 0 saturated heterocycles. The highest BCUT2D eigenvalue weighted by atomic mass is 19.1. The monoisotopic (exact) mass is 381 g/mol. The predicted octanol–water partition coefficient (Wildman–Crippen LogP) is 5.05. The second-order valence-corrected chi connectivity index (χ2v) is 7.62. The van der Waals surface area contributed by atoms with Crippen LogP contribution in [-0.2, 0) is 0 Å². The van der Waals surface area contributed by atoms with E-state index in [0.29, 0.717) is 18.3 Å². The zero-order valence-corrected chi connectivity index (χ0v) is 16.7. The molecule has 0 heterocycles. The Morgan fingerprint density at radius 2 is 1.82 bits per heavy atom. The number of benzene rings is 2. The molecule has 2 aromatic carbocycles. The van der Waals surface area contributed by atoms with Gasteiger partial charge < -0.3 is 15.0 Å². The Morgan fingerprint density at radius 3 is 2.46 bits per heavy atom. The number of hydrogen-bond donors (Lipinski definition) is 1. The molecule has 0 amide bonds. The fourth-order valence-corrected chi connectivity index (χ4v) is 3.54. The van der Waals surface area contributed by atoms with E-state index >= 15 is 0 Å². The zero-order valence-electron chi connectivity index (χ0n) is 16.7. The van der Waals surface area contributed by atoms with Crippen molar-refractivity contribution in [1.82, 2.24) is 4.90 Å². The Hall–Kier alpha value is -2.58. The SMILES string of the molecule is CN(C)CCNc1cc(-c2ccc(OC3CCCCC3)cc2)cc(F)c1C#N. The minimum atomic E-state index is -0.505. The highest BCUT2D eigenvalue weighted by Gasteiger charge is 2.15. The molecular formula is C23H28FN3O. The second-order valence-electron chi connectivity index (χ2n) is 7.62. The van der Waals surface area contributed by atoms with Gasteiger partial charge in [0.05, 0.1) is 11.8 Å². The molecule has 0 atom stereocenters. The smallest absolute Gasteiger partial charge is 0.143 e. The Kier molecular flexibility index (Phi) is 6.89. The molecule has 1 saturated carbocycles. The second kappa shape index (κ2) is 9.57. The molecule has 0 spiro atoms. The first-order valence-corrected chi connectivity index (χ1v) is 9.96. The van der Waals surface area contributed by atoms with E-state index in [1.807, 2.05) is 55.4 Å². The Labute approximate surface area is 166 Å². The van der Waals surface area contributed by atoms with Gasteiger partial charge in [0.25, 0.3) is 0 Å². The highest BCUT2D eigenvalue weighted by molar-refractivity contribution is 5.72. The van der Waals surface area contributed by atoms with Crippen LogP contribution >= 0.6 is 0 Å². The summed E-state index contributed by atoms with van der Waals surface area (Å²) in [6, 6.07) is 13.0. The van der Waals surface area contributed by atoms with Crippen molar-refractivity contribution >= 4 is 5.69 Å². The minimum Gasteiger partial charge on any atom is -0.490 e. The maximum Gasteiger partial charge on any atom is 0.143 e. The maximum atomic E-state index is 14.5. The van der Waals surface area contributed by atoms with Gasteiger partial charge in [0.2, 0.25) is 0 Å². The summed E-state index contributed by atoms with van der Waals surface area (Å²) in [6.45, 7) is 1.43. The summed E-state index contributed by atoms with van der Waals surface area (Å²) >= 11 is 0. The molecule has 4 nitrogen and oxygen atoms in total. The Balaban J connectivity index is 1.76. The molecule has 148 valence electrons. The number of ether oxygens (including phenoxy) is 1. The van der Waals surface area contributed by atoms with Crippen molar-refractivity contribution in [2.24, 2.45) is 0 Å². The summed E-state index contributed by atoms with van der Waals surface area (Å²) in [6.07, 6.45) is 6.30. The first-order valence-electron chi connectivity index (χ1n) is 9.96. The van der Waals surface area contributed by atoms with Crippen LogP contribution in [0.1, 0.15) is 37.7 Å². The van der Waals surface area contributed by atoms with E-state index in [0.717, 1.165) is 36.3 Å². The van der Waals surface area contributed by atoms with E-state index in [1.165, 1.54) is 25.3 Å². The standard InChI is InChI=1S/C23H28FN3O/c1-27(2)13-12-26-23-15-18(14-22(24)21(23)16-25)17-8-10-20(11-9-17)28-19-6-4-3-5-7-19/h8-11,14-15,19,26H,3-7,12-13H2,1-2H3. The molecule has 0 unspecified atom stereocenters. The molecule has 2 aromatic rings. The molecule has 0 bridgehead atoms. The van der Waals surface area contributed by atoms with Crippen LogP contribution in [0, 0.1) is 17.1 Å². The summed E-state index contributed by atoms with van der Waals surface area (Å²) in [5.74, 6) is 0.351. The van der Waals surface area contributed by atoms with Gasteiger partial charge in [-0.1, -0.05) is 18.6 Å². The number of nitrogens with zero attached hydrogens (tertiary/aromatic N) is 2. The summed E-state index contributed by atoms with van der Waals surface area (Å²) in [7, 11) is 3.95. The third-order valence-electron chi connectivity index (χ3n) is 5.12. The number of anilines is 1. The van der Waals surface area contributed by atoms with Crippen molar-refractivity contribution in [3.63, 3.8) is 0 Å². The van der Waals surface area contributed by atoms with Crippen LogP contribution in [0.3, 0.4) is 0 Å². The first kappa shape index (κ1) is 20.2. The Morgan fingerprint density at radius 1 is 1.11 bits per heavy atom. The molecule has 28 heavy (non-hydrogen) atoms. The lowest BCUT2D eigenvalue weighted by molar-refractivity contribution is 0.155. The van der Waals surface area contributed by atoms with Crippen LogP contribution < -0.4 is 10.1 Å². The summed E-state index contributed by atoms with van der Waals surface area (Å²) in [5, 5.41) is 12.5. The molecule has 1 N–H and O–H groups in total. The molecule has 1 fully saturated rings. The summed E-state index contributed by atoms with van der Waals surface area (Å²) in [5.41, 5.74) is 2.23. The van der Waals surface area contributed by atoms with Gasteiger partial charge in [-0.25, -0.2) is 4.39 Å². The molecule has 0 aromatic heterocycles. The lowest BCUT2D eigenvalue weighted by Crippen LogP contribution is -2.21. The maximum absolute atomic E-state index is 14.5. The minimum absolute atomic E-state index is 0.0553. The Bertz CT molecular complexity index is 821. The van der Waals surface area contributed by atoms with E-state index < -0.39 is 5.82 Å². The van der Waals surface area contributed by atoms with E-state index in [4.69, 9.17) is 4.74 Å². The average Bonchev–Trinajstić information content (AvgIpc) is 2.69. The van der Waals surface area contributed by atoms with Gasteiger partial charge in [-0.3, -0.25) is 0 Å². The first-order chi connectivity index (χ1) is 13.6. The molecule has 0 aliphatic heterocycles. The van der Waals surface area contributed by atoms with E-state index in [1.54, 1.807) is 0 Å². The fourth-order valence-electron chi connectivity index (χ4n) is 3.54. The van der Waals surface area contributed by atoms with Crippen LogP contribution in [-0.4, -0.2) is 38.2 Å². The zero-order chi connectivity index (χ0) is 19.9. The average molecular weight is 381 g/mol. The summed E-state index contributed by atoms with van der Waals surface area (Å²) < 4.78 is 20.5. The summed E-state index contributed by atoms with van der Waals surface area (Å²) in [4.78, 5) is 2.03. The third-order valence-corrected chi connectivity index (χ3v) is 5.12. The van der Waals surface area contributed by atoms with Crippen molar-refractivity contribution in [2.75, 3.05) is 32.5 Å². The number of rotatable bonds is 7. The largest absolute Gasteiger partial charge is 0.490 e. The van der Waals surface area contributed by atoms with Crippen molar-refractivity contribution in [2.45, 2.75) is 38.2 Å². The number of likely N-dealkylation sites (N-methyl/N-ethyl adjacent to an activating group) is 1. The van der Waals surface area contributed by atoms with Gasteiger partial charge in [0, 0.05) is 13.1 Å². The van der Waals surface area contributed by atoms with Crippen molar-refractivity contribution in [3.05, 3.63) is 47.8 Å². The fraction of sp³-hybridized carbons (Fsp3) is 0.435. The van der Waals surface area contributed by atoms with Crippen molar-refractivity contribution in [1.29, 1.82) is 5.26 Å². The predicted molar refractivity (Wildman–Crippen MR) is 111 cm³/mol. The van der Waals surface area contributed by atoms with Crippen molar-refractivity contribution in [3.8, 4) is 22.9 Å². The van der Waals surface area contributed by atoms with Gasteiger partial charge in [0.1, 0.15) is 23.2 Å². The number of hydrogen-bond acceptors (Lipinski definition) is 4. The lowest BCUT2D eigenvalue weighted by Gasteiger charge is -2.23. The molecule has 5 heteroatoms. The van der Waals surface area contributed by atoms with Crippen LogP contribution in [0.5, 0.6) is 5.75 Å². The molecular weight excluding hydrogens is 353 g/mol. The molecule has 1 aliphatic carbocycles. The number of halogens is 1. The molecule has 0 radical (unpaired) electrons. The number of nitrogens with one attached hydrogen (secondary N) is 1. The van der Waals surface area contributed by atoms with E-state index in [-0.39, 0.29) is 5.56 Å². The van der Waals surface area contributed by atoms with Crippen molar-refractivity contribution < 1.29 is 9.13 Å². The van der Waals surface area contributed by atoms with Crippen LogP contribution in [0.15, 0.2) is 36.4 Å². The molecule has 3 rings (SSSR count). The number of nitriles is 1. The van der Waals surface area contributed by atoms with Crippen LogP contribution in [0.2, 0.25) is 0 Å².